The second-order valence-electron chi connectivity index (χ2n) is 7.90. The van der Waals surface area contributed by atoms with Crippen LogP contribution in [0.3, 0.4) is 0 Å². The highest BCUT2D eigenvalue weighted by atomic mass is 16.4. The van der Waals surface area contributed by atoms with E-state index in [-0.39, 0.29) is 41.8 Å². The summed E-state index contributed by atoms with van der Waals surface area (Å²) in [5.74, 6) is 0.787. The summed E-state index contributed by atoms with van der Waals surface area (Å²) >= 11 is 0. The van der Waals surface area contributed by atoms with E-state index in [1.165, 1.54) is 0 Å². The monoisotopic (exact) mass is 475 g/mol. The topological polar surface area (TPSA) is 190 Å². The molecule has 2 aromatic heterocycles. The van der Waals surface area contributed by atoms with Crippen LogP contribution in [0.2, 0.25) is 0 Å². The number of nitrogen functional groups attached to an aromatic ring is 2. The molecule has 0 unspecified atom stereocenters. The van der Waals surface area contributed by atoms with Crippen LogP contribution in [0.1, 0.15) is 46.8 Å². The molecule has 2 atom stereocenters. The van der Waals surface area contributed by atoms with E-state index in [1.807, 2.05) is 0 Å². The van der Waals surface area contributed by atoms with Crippen LogP contribution in [-0.2, 0) is 11.2 Å². The molecule has 3 aromatic rings. The van der Waals surface area contributed by atoms with Gasteiger partial charge < -0.3 is 27.0 Å². The standard InChI is InChI=1S/C24H25N7O4/c1-3-4-16(11-17-12-27-21-19(28-17)20(25)30-24(26)31-21)14-6-8-15(9-7-14)22(33)29-18(23(34)35)10-5-13(2)32/h1,6-9,12,16,18,32H,2,4-5,10-11H2,(H,29,33)(H,34,35)(H4,25,26,27,30,31)/t16-,18-/m0/s1. The molecule has 11 heteroatoms. The Kier molecular flexibility index (Phi) is 7.78. The van der Waals surface area contributed by atoms with Gasteiger partial charge in [0.15, 0.2) is 17.0 Å². The number of aliphatic carboxylic acids is 1. The number of nitrogens with two attached hydrogens (primary N) is 2. The number of nitrogens with one attached hydrogen (secondary N) is 1. The van der Waals surface area contributed by atoms with Gasteiger partial charge in [0.2, 0.25) is 5.95 Å². The van der Waals surface area contributed by atoms with Crippen molar-refractivity contribution >= 4 is 34.8 Å². The number of carbonyl (C=O) groups excluding carboxylic acids is 1. The summed E-state index contributed by atoms with van der Waals surface area (Å²) in [6, 6.07) is 5.56. The molecule has 0 saturated heterocycles. The molecule has 0 bridgehead atoms. The maximum absolute atomic E-state index is 12.5. The molecule has 0 saturated carbocycles. The van der Waals surface area contributed by atoms with Crippen LogP contribution in [0.25, 0.3) is 11.2 Å². The normalized spacial score (nSPS) is 12.4. The summed E-state index contributed by atoms with van der Waals surface area (Å²) < 4.78 is 0. The van der Waals surface area contributed by atoms with Crippen molar-refractivity contribution in [2.45, 2.75) is 37.6 Å². The Balaban J connectivity index is 1.76. The lowest BCUT2D eigenvalue weighted by molar-refractivity contribution is -0.139. The van der Waals surface area contributed by atoms with Gasteiger partial charge in [-0.05, 0) is 30.5 Å². The van der Waals surface area contributed by atoms with Crippen LogP contribution < -0.4 is 16.8 Å². The van der Waals surface area contributed by atoms with Gasteiger partial charge in [-0.25, -0.2) is 14.8 Å². The number of fused-ring (bicyclic) bond motifs is 1. The van der Waals surface area contributed by atoms with Crippen molar-refractivity contribution in [2.24, 2.45) is 0 Å². The molecule has 0 spiro atoms. The van der Waals surface area contributed by atoms with E-state index in [0.29, 0.717) is 29.7 Å². The fourth-order valence-corrected chi connectivity index (χ4v) is 3.50. The fraction of sp³-hybridized carbons (Fsp3) is 0.250. The number of amides is 1. The van der Waals surface area contributed by atoms with E-state index >= 15 is 0 Å². The number of nitrogens with zero attached hydrogens (tertiary/aromatic N) is 4. The minimum absolute atomic E-state index is 0.0138. The van der Waals surface area contributed by atoms with Crippen molar-refractivity contribution in [3.8, 4) is 12.3 Å². The Morgan fingerprint density at radius 3 is 2.49 bits per heavy atom. The first-order valence-corrected chi connectivity index (χ1v) is 10.7. The van der Waals surface area contributed by atoms with Crippen molar-refractivity contribution in [2.75, 3.05) is 11.5 Å². The van der Waals surface area contributed by atoms with E-state index in [1.54, 1.807) is 30.5 Å². The maximum Gasteiger partial charge on any atom is 0.326 e. The molecular formula is C24H25N7O4. The van der Waals surface area contributed by atoms with Crippen LogP contribution >= 0.6 is 0 Å². The SMILES string of the molecule is C#CC[C@@H](Cc1cnc2nc(N)nc(N)c2n1)c1ccc(C(=O)N[C@@H](CCC(=C)O)C(=O)O)cc1. The molecule has 2 heterocycles. The number of benzene rings is 1. The Morgan fingerprint density at radius 1 is 1.14 bits per heavy atom. The van der Waals surface area contributed by atoms with Gasteiger partial charge in [-0.1, -0.05) is 18.7 Å². The summed E-state index contributed by atoms with van der Waals surface area (Å²) in [5, 5.41) is 21.0. The zero-order valence-electron chi connectivity index (χ0n) is 18.8. The van der Waals surface area contributed by atoms with Crippen LogP contribution in [0.5, 0.6) is 0 Å². The summed E-state index contributed by atoms with van der Waals surface area (Å²) in [5.41, 5.74) is 13.9. The van der Waals surface area contributed by atoms with Crippen LogP contribution in [-0.4, -0.2) is 48.1 Å². The summed E-state index contributed by atoms with van der Waals surface area (Å²) in [6.07, 6.45) is 8.10. The fourth-order valence-electron chi connectivity index (χ4n) is 3.50. The third-order valence-corrected chi connectivity index (χ3v) is 5.29. The first kappa shape index (κ1) is 24.9. The molecule has 0 radical (unpaired) electrons. The van der Waals surface area contributed by atoms with E-state index in [4.69, 9.17) is 17.9 Å². The predicted molar refractivity (Wildman–Crippen MR) is 130 cm³/mol. The zero-order valence-corrected chi connectivity index (χ0v) is 18.8. The van der Waals surface area contributed by atoms with Crippen LogP contribution in [0.4, 0.5) is 11.8 Å². The van der Waals surface area contributed by atoms with Crippen LogP contribution in [0.15, 0.2) is 42.8 Å². The van der Waals surface area contributed by atoms with Crippen molar-refractivity contribution in [3.63, 3.8) is 0 Å². The molecule has 3 rings (SSSR count). The van der Waals surface area contributed by atoms with E-state index in [0.717, 1.165) is 5.56 Å². The number of hydrogen-bond donors (Lipinski definition) is 5. The third-order valence-electron chi connectivity index (χ3n) is 5.29. The number of hydrogen-bond acceptors (Lipinski definition) is 9. The van der Waals surface area contributed by atoms with Crippen LogP contribution in [0, 0.1) is 12.3 Å². The van der Waals surface area contributed by atoms with Gasteiger partial charge in [0.05, 0.1) is 17.6 Å². The lowest BCUT2D eigenvalue weighted by atomic mass is 9.91. The largest absolute Gasteiger partial charge is 0.513 e. The lowest BCUT2D eigenvalue weighted by Gasteiger charge is -2.16. The average Bonchev–Trinajstić information content (AvgIpc) is 2.81. The third kappa shape index (κ3) is 6.42. The Hall–Kier alpha value is -4.72. The number of aliphatic hydroxyl groups is 1. The van der Waals surface area contributed by atoms with E-state index in [2.05, 4.69) is 37.8 Å². The van der Waals surface area contributed by atoms with Gasteiger partial charge in [0.25, 0.3) is 5.91 Å². The molecule has 1 amide bonds. The predicted octanol–water partition coefficient (Wildman–Crippen LogP) is 1.97. The molecule has 1 aromatic carbocycles. The molecule has 7 N–H and O–H groups in total. The number of aromatic nitrogens is 4. The number of rotatable bonds is 10. The van der Waals surface area contributed by atoms with Crippen molar-refractivity contribution in [1.82, 2.24) is 25.3 Å². The smallest absolute Gasteiger partial charge is 0.326 e. The first-order chi connectivity index (χ1) is 16.7. The number of aliphatic hydroxyl groups excluding tert-OH is 1. The number of anilines is 2. The van der Waals surface area contributed by atoms with Gasteiger partial charge >= 0.3 is 5.97 Å². The molecule has 0 aliphatic heterocycles. The number of carbonyl (C=O) groups is 2. The molecule has 0 aliphatic rings. The molecule has 0 aliphatic carbocycles. The van der Waals surface area contributed by atoms with E-state index in [9.17, 15) is 19.8 Å². The van der Waals surface area contributed by atoms with Crippen molar-refractivity contribution in [1.29, 1.82) is 0 Å². The average molecular weight is 476 g/mol. The lowest BCUT2D eigenvalue weighted by Crippen LogP contribution is -2.40. The maximum atomic E-state index is 12.5. The van der Waals surface area contributed by atoms with Gasteiger partial charge in [0.1, 0.15) is 6.04 Å². The van der Waals surface area contributed by atoms with Gasteiger partial charge in [-0.2, -0.15) is 9.97 Å². The van der Waals surface area contributed by atoms with Gasteiger partial charge in [-0.3, -0.25) is 4.79 Å². The highest BCUT2D eigenvalue weighted by molar-refractivity contribution is 5.96. The molecule has 0 fully saturated rings. The Morgan fingerprint density at radius 2 is 1.86 bits per heavy atom. The second-order valence-corrected chi connectivity index (χ2v) is 7.90. The summed E-state index contributed by atoms with van der Waals surface area (Å²) in [6.45, 7) is 3.33. The van der Waals surface area contributed by atoms with Crippen molar-refractivity contribution in [3.05, 3.63) is 59.6 Å². The minimum atomic E-state index is -1.20. The van der Waals surface area contributed by atoms with Gasteiger partial charge in [-0.15, -0.1) is 12.3 Å². The highest BCUT2D eigenvalue weighted by Crippen LogP contribution is 2.25. The van der Waals surface area contributed by atoms with Crippen molar-refractivity contribution < 1.29 is 19.8 Å². The minimum Gasteiger partial charge on any atom is -0.513 e. The Labute approximate surface area is 201 Å². The molecule has 11 nitrogen and oxygen atoms in total. The van der Waals surface area contributed by atoms with Gasteiger partial charge in [0, 0.05) is 24.3 Å². The highest BCUT2D eigenvalue weighted by Gasteiger charge is 2.21. The molecular weight excluding hydrogens is 450 g/mol. The summed E-state index contributed by atoms with van der Waals surface area (Å²) in [7, 11) is 0. The molecule has 180 valence electrons. The number of terminal acetylenes is 1. The first-order valence-electron chi connectivity index (χ1n) is 10.7. The number of allylic oxidation sites excluding steroid dienone is 1. The number of carboxylic acids is 1. The molecule has 35 heavy (non-hydrogen) atoms. The number of carboxylic acid groups (broad SMARTS) is 1. The summed E-state index contributed by atoms with van der Waals surface area (Å²) in [4.78, 5) is 40.7. The van der Waals surface area contributed by atoms with E-state index < -0.39 is 17.9 Å². The zero-order chi connectivity index (χ0) is 25.5. The Bertz CT molecular complexity index is 1300. The quantitative estimate of drug-likeness (QED) is 0.214. The second kappa shape index (κ2) is 10.9.